The number of pyridine rings is 1. The SMILES string of the molecule is CCC1CN(c2ncc(Br)cc2C(=O)O)CCS1. The van der Waals surface area contributed by atoms with E-state index in [-0.39, 0.29) is 5.56 Å². The summed E-state index contributed by atoms with van der Waals surface area (Å²) in [6, 6.07) is 1.62. The Bertz CT molecular complexity index is 456. The summed E-state index contributed by atoms with van der Waals surface area (Å²) < 4.78 is 0.696. The zero-order valence-corrected chi connectivity index (χ0v) is 12.5. The maximum Gasteiger partial charge on any atom is 0.339 e. The molecular weight excluding hydrogens is 316 g/mol. The highest BCUT2D eigenvalue weighted by atomic mass is 79.9. The molecule has 0 spiro atoms. The summed E-state index contributed by atoms with van der Waals surface area (Å²) in [7, 11) is 0. The van der Waals surface area contributed by atoms with Crippen molar-refractivity contribution in [2.24, 2.45) is 0 Å². The molecule has 2 heterocycles. The lowest BCUT2D eigenvalue weighted by Gasteiger charge is -2.33. The van der Waals surface area contributed by atoms with Crippen molar-refractivity contribution in [2.45, 2.75) is 18.6 Å². The Morgan fingerprint density at radius 1 is 1.72 bits per heavy atom. The van der Waals surface area contributed by atoms with Crippen LogP contribution in [-0.4, -0.2) is 40.2 Å². The topological polar surface area (TPSA) is 53.4 Å². The first-order valence-corrected chi connectivity index (χ1v) is 7.71. The third-order valence-electron chi connectivity index (χ3n) is 2.96. The minimum atomic E-state index is -0.926. The second kappa shape index (κ2) is 5.93. The van der Waals surface area contributed by atoms with Crippen LogP contribution < -0.4 is 4.90 Å². The van der Waals surface area contributed by atoms with Crippen LogP contribution in [0.25, 0.3) is 0 Å². The lowest BCUT2D eigenvalue weighted by Crippen LogP contribution is -2.39. The summed E-state index contributed by atoms with van der Waals surface area (Å²) >= 11 is 5.22. The number of nitrogens with zero attached hydrogens (tertiary/aromatic N) is 2. The summed E-state index contributed by atoms with van der Waals surface area (Å²) in [5.41, 5.74) is 0.270. The Hall–Kier alpha value is -0.750. The number of carbonyl (C=O) groups is 1. The van der Waals surface area contributed by atoms with E-state index < -0.39 is 5.97 Å². The molecule has 1 saturated heterocycles. The first-order chi connectivity index (χ1) is 8.61. The number of aromatic nitrogens is 1. The van der Waals surface area contributed by atoms with Gasteiger partial charge in [0.15, 0.2) is 0 Å². The second-order valence-corrected chi connectivity index (χ2v) is 6.50. The fourth-order valence-corrected chi connectivity index (χ4v) is 3.51. The first kappa shape index (κ1) is 13.7. The molecule has 1 aliphatic heterocycles. The van der Waals surface area contributed by atoms with Crippen LogP contribution in [0.5, 0.6) is 0 Å². The Morgan fingerprint density at radius 2 is 2.50 bits per heavy atom. The molecule has 0 aromatic carbocycles. The van der Waals surface area contributed by atoms with Gasteiger partial charge >= 0.3 is 5.97 Å². The average Bonchev–Trinajstić information content (AvgIpc) is 2.38. The minimum Gasteiger partial charge on any atom is -0.478 e. The summed E-state index contributed by atoms with van der Waals surface area (Å²) in [5.74, 6) is 0.685. The van der Waals surface area contributed by atoms with Gasteiger partial charge in [0.1, 0.15) is 11.4 Å². The minimum absolute atomic E-state index is 0.270. The van der Waals surface area contributed by atoms with Crippen LogP contribution in [0.15, 0.2) is 16.7 Å². The van der Waals surface area contributed by atoms with Gasteiger partial charge in [0.2, 0.25) is 0 Å². The maximum absolute atomic E-state index is 11.3. The Morgan fingerprint density at radius 3 is 3.17 bits per heavy atom. The molecule has 18 heavy (non-hydrogen) atoms. The lowest BCUT2D eigenvalue weighted by atomic mass is 10.2. The standard InChI is InChI=1S/C12H15BrN2O2S/c1-2-9-7-15(3-4-18-9)11-10(12(16)17)5-8(13)6-14-11/h5-6,9H,2-4,7H2,1H3,(H,16,17). The number of carboxylic acid groups (broad SMARTS) is 1. The van der Waals surface area contributed by atoms with E-state index in [0.29, 0.717) is 15.5 Å². The molecule has 98 valence electrons. The Kier molecular flexibility index (Phi) is 4.50. The van der Waals surface area contributed by atoms with Crippen molar-refractivity contribution in [3.63, 3.8) is 0 Å². The first-order valence-electron chi connectivity index (χ1n) is 5.87. The van der Waals surface area contributed by atoms with Gasteiger partial charge in [-0.05, 0) is 28.4 Å². The van der Waals surface area contributed by atoms with Crippen LogP contribution in [-0.2, 0) is 0 Å². The summed E-state index contributed by atoms with van der Waals surface area (Å²) in [6.07, 6.45) is 2.75. The van der Waals surface area contributed by atoms with Crippen LogP contribution in [0.3, 0.4) is 0 Å². The molecule has 1 aromatic heterocycles. The molecular formula is C12H15BrN2O2S. The molecule has 1 fully saturated rings. The van der Waals surface area contributed by atoms with Crippen molar-refractivity contribution in [3.05, 3.63) is 22.3 Å². The fraction of sp³-hybridized carbons (Fsp3) is 0.500. The molecule has 1 unspecified atom stereocenters. The van der Waals surface area contributed by atoms with E-state index in [9.17, 15) is 9.90 Å². The highest BCUT2D eigenvalue weighted by Gasteiger charge is 2.24. The molecule has 1 atom stereocenters. The zero-order valence-electron chi connectivity index (χ0n) is 10.1. The molecule has 1 aliphatic rings. The van der Waals surface area contributed by atoms with Gasteiger partial charge in [-0.25, -0.2) is 9.78 Å². The monoisotopic (exact) mass is 330 g/mol. The van der Waals surface area contributed by atoms with E-state index in [2.05, 4.69) is 32.7 Å². The van der Waals surface area contributed by atoms with Gasteiger partial charge in [0.05, 0.1) is 0 Å². The fourth-order valence-electron chi connectivity index (χ4n) is 2.00. The van der Waals surface area contributed by atoms with Crippen molar-refractivity contribution in [2.75, 3.05) is 23.7 Å². The van der Waals surface area contributed by atoms with Gasteiger partial charge in [-0.15, -0.1) is 0 Å². The zero-order chi connectivity index (χ0) is 13.1. The highest BCUT2D eigenvalue weighted by molar-refractivity contribution is 9.10. The molecule has 0 radical (unpaired) electrons. The van der Waals surface area contributed by atoms with Crippen LogP contribution in [0.4, 0.5) is 5.82 Å². The van der Waals surface area contributed by atoms with E-state index in [1.807, 2.05) is 11.8 Å². The van der Waals surface area contributed by atoms with Crippen LogP contribution in [0.1, 0.15) is 23.7 Å². The molecule has 0 bridgehead atoms. The van der Waals surface area contributed by atoms with E-state index in [1.54, 1.807) is 12.3 Å². The largest absolute Gasteiger partial charge is 0.478 e. The number of hydrogen-bond donors (Lipinski definition) is 1. The van der Waals surface area contributed by atoms with Crippen molar-refractivity contribution >= 4 is 39.5 Å². The molecule has 4 nitrogen and oxygen atoms in total. The number of halogens is 1. The van der Waals surface area contributed by atoms with Crippen molar-refractivity contribution < 1.29 is 9.90 Å². The third-order valence-corrected chi connectivity index (χ3v) is 4.76. The van der Waals surface area contributed by atoms with Gasteiger partial charge in [-0.1, -0.05) is 6.92 Å². The summed E-state index contributed by atoms with van der Waals surface area (Å²) in [4.78, 5) is 17.6. The van der Waals surface area contributed by atoms with Gasteiger partial charge in [-0.2, -0.15) is 11.8 Å². The number of anilines is 1. The molecule has 1 N–H and O–H groups in total. The number of hydrogen-bond acceptors (Lipinski definition) is 4. The molecule has 0 aliphatic carbocycles. The molecule has 2 rings (SSSR count). The second-order valence-electron chi connectivity index (χ2n) is 4.18. The van der Waals surface area contributed by atoms with Crippen LogP contribution >= 0.6 is 27.7 Å². The average molecular weight is 331 g/mol. The van der Waals surface area contributed by atoms with Crippen molar-refractivity contribution in [3.8, 4) is 0 Å². The van der Waals surface area contributed by atoms with Gasteiger partial charge in [0, 0.05) is 34.8 Å². The Balaban J connectivity index is 2.29. The number of thioether (sulfide) groups is 1. The maximum atomic E-state index is 11.3. The van der Waals surface area contributed by atoms with E-state index in [1.165, 1.54) is 0 Å². The number of aromatic carboxylic acids is 1. The number of carboxylic acids is 1. The van der Waals surface area contributed by atoms with Crippen LogP contribution in [0, 0.1) is 0 Å². The third kappa shape index (κ3) is 2.98. The molecule has 6 heteroatoms. The van der Waals surface area contributed by atoms with E-state index in [4.69, 9.17) is 0 Å². The predicted octanol–water partition coefficient (Wildman–Crippen LogP) is 2.87. The molecule has 0 saturated carbocycles. The highest BCUT2D eigenvalue weighted by Crippen LogP contribution is 2.28. The quantitative estimate of drug-likeness (QED) is 0.923. The molecule has 1 aromatic rings. The summed E-state index contributed by atoms with van der Waals surface area (Å²) in [5, 5.41) is 9.81. The Labute approximate surface area is 119 Å². The smallest absolute Gasteiger partial charge is 0.339 e. The van der Waals surface area contributed by atoms with E-state index in [0.717, 1.165) is 25.3 Å². The van der Waals surface area contributed by atoms with Gasteiger partial charge in [-0.3, -0.25) is 0 Å². The van der Waals surface area contributed by atoms with Gasteiger partial charge in [0.25, 0.3) is 0 Å². The van der Waals surface area contributed by atoms with Crippen molar-refractivity contribution in [1.82, 2.24) is 4.98 Å². The van der Waals surface area contributed by atoms with Gasteiger partial charge < -0.3 is 10.0 Å². The summed E-state index contributed by atoms with van der Waals surface area (Å²) in [6.45, 7) is 3.89. The predicted molar refractivity (Wildman–Crippen MR) is 77.6 cm³/mol. The van der Waals surface area contributed by atoms with E-state index >= 15 is 0 Å². The molecule has 0 amide bonds. The normalized spacial score (nSPS) is 19.9. The lowest BCUT2D eigenvalue weighted by molar-refractivity contribution is 0.0697. The van der Waals surface area contributed by atoms with Crippen molar-refractivity contribution in [1.29, 1.82) is 0 Å². The number of rotatable bonds is 3. The van der Waals surface area contributed by atoms with Crippen LogP contribution in [0.2, 0.25) is 0 Å².